The predicted molar refractivity (Wildman–Crippen MR) is 97.2 cm³/mol. The fourth-order valence-electron chi connectivity index (χ4n) is 2.44. The summed E-state index contributed by atoms with van der Waals surface area (Å²) < 4.78 is 1.37. The van der Waals surface area contributed by atoms with E-state index in [1.807, 2.05) is 49.6 Å². The van der Waals surface area contributed by atoms with Crippen molar-refractivity contribution in [1.29, 1.82) is 0 Å². The minimum absolute atomic E-state index is 0.0153. The second kappa shape index (κ2) is 6.97. The van der Waals surface area contributed by atoms with Gasteiger partial charge in [0.05, 0.1) is 11.7 Å². The van der Waals surface area contributed by atoms with Crippen molar-refractivity contribution in [1.82, 2.24) is 14.9 Å². The number of aromatic nitrogens is 2. The van der Waals surface area contributed by atoms with Crippen LogP contribution in [0, 0.1) is 5.92 Å². The molecule has 6 heteroatoms. The number of carbonyl (C=O) groups is 1. The number of benzene rings is 1. The van der Waals surface area contributed by atoms with Crippen LogP contribution < -0.4 is 10.9 Å². The molecule has 124 valence electrons. The average molecular weight is 341 g/mol. The highest BCUT2D eigenvalue weighted by atomic mass is 32.1. The van der Waals surface area contributed by atoms with Crippen LogP contribution in [0.1, 0.15) is 13.8 Å². The molecule has 1 aromatic carbocycles. The largest absolute Gasteiger partial charge is 0.354 e. The van der Waals surface area contributed by atoms with E-state index in [0.29, 0.717) is 22.7 Å². The van der Waals surface area contributed by atoms with Gasteiger partial charge in [-0.2, -0.15) is 0 Å². The van der Waals surface area contributed by atoms with Gasteiger partial charge in [0.15, 0.2) is 0 Å². The van der Waals surface area contributed by atoms with Crippen LogP contribution in [0.2, 0.25) is 0 Å². The standard InChI is InChI=1S/C18H19N3O2S/c1-12(2)8-19-15(22)9-21-11-20-17-16(18(21)23)14(10-24-17)13-6-4-3-5-7-13/h3-7,10-12H,8-9H2,1-2H3,(H,19,22). The van der Waals surface area contributed by atoms with E-state index in [4.69, 9.17) is 0 Å². The average Bonchev–Trinajstić information content (AvgIpc) is 3.01. The zero-order chi connectivity index (χ0) is 17.1. The maximum atomic E-state index is 12.8. The number of hydrogen-bond donors (Lipinski definition) is 1. The third kappa shape index (κ3) is 3.38. The number of nitrogens with one attached hydrogen (secondary N) is 1. The second-order valence-electron chi connectivity index (χ2n) is 6.07. The highest BCUT2D eigenvalue weighted by Gasteiger charge is 2.14. The number of thiophene rings is 1. The van der Waals surface area contributed by atoms with Crippen molar-refractivity contribution in [2.45, 2.75) is 20.4 Å². The number of carbonyl (C=O) groups excluding carboxylic acids is 1. The quantitative estimate of drug-likeness (QED) is 0.776. The van der Waals surface area contributed by atoms with Gasteiger partial charge in [0.2, 0.25) is 5.91 Å². The monoisotopic (exact) mass is 341 g/mol. The van der Waals surface area contributed by atoms with Crippen LogP contribution in [0.25, 0.3) is 21.3 Å². The van der Waals surface area contributed by atoms with E-state index in [0.717, 1.165) is 11.1 Å². The predicted octanol–water partition coefficient (Wildman–Crippen LogP) is 2.90. The van der Waals surface area contributed by atoms with E-state index in [1.54, 1.807) is 0 Å². The Labute approximate surface area is 144 Å². The Morgan fingerprint density at radius 1 is 1.29 bits per heavy atom. The number of hydrogen-bond acceptors (Lipinski definition) is 4. The maximum absolute atomic E-state index is 12.8. The van der Waals surface area contributed by atoms with Crippen molar-refractivity contribution < 1.29 is 4.79 Å². The van der Waals surface area contributed by atoms with Crippen molar-refractivity contribution in [3.8, 4) is 11.1 Å². The van der Waals surface area contributed by atoms with E-state index >= 15 is 0 Å². The maximum Gasteiger partial charge on any atom is 0.263 e. The fraction of sp³-hybridized carbons (Fsp3) is 0.278. The second-order valence-corrected chi connectivity index (χ2v) is 6.93. The van der Waals surface area contributed by atoms with Gasteiger partial charge in [-0.25, -0.2) is 4.98 Å². The van der Waals surface area contributed by atoms with Gasteiger partial charge in [-0.3, -0.25) is 14.2 Å². The third-order valence-electron chi connectivity index (χ3n) is 3.67. The Bertz CT molecular complexity index is 913. The third-order valence-corrected chi connectivity index (χ3v) is 4.55. The van der Waals surface area contributed by atoms with Crippen LogP contribution in [-0.2, 0) is 11.3 Å². The normalized spacial score (nSPS) is 11.1. The van der Waals surface area contributed by atoms with Crippen molar-refractivity contribution in [3.05, 3.63) is 52.4 Å². The Kier molecular flexibility index (Phi) is 4.76. The van der Waals surface area contributed by atoms with E-state index < -0.39 is 0 Å². The molecular weight excluding hydrogens is 322 g/mol. The first kappa shape index (κ1) is 16.4. The first-order chi connectivity index (χ1) is 11.6. The molecule has 1 N–H and O–H groups in total. The Balaban J connectivity index is 1.96. The van der Waals surface area contributed by atoms with E-state index in [2.05, 4.69) is 10.3 Å². The van der Waals surface area contributed by atoms with Gasteiger partial charge in [-0.05, 0) is 11.5 Å². The summed E-state index contributed by atoms with van der Waals surface area (Å²) in [5.41, 5.74) is 1.66. The summed E-state index contributed by atoms with van der Waals surface area (Å²) in [4.78, 5) is 29.8. The van der Waals surface area contributed by atoms with Crippen molar-refractivity contribution >= 4 is 27.5 Å². The van der Waals surface area contributed by atoms with Crippen LogP contribution >= 0.6 is 11.3 Å². The van der Waals surface area contributed by atoms with Crippen molar-refractivity contribution in [3.63, 3.8) is 0 Å². The molecule has 0 saturated carbocycles. The van der Waals surface area contributed by atoms with Crippen LogP contribution in [-0.4, -0.2) is 22.0 Å². The highest BCUT2D eigenvalue weighted by Crippen LogP contribution is 2.30. The summed E-state index contributed by atoms with van der Waals surface area (Å²) in [6, 6.07) is 9.75. The van der Waals surface area contributed by atoms with Crippen LogP contribution in [0.5, 0.6) is 0 Å². The molecule has 0 spiro atoms. The summed E-state index contributed by atoms with van der Waals surface area (Å²) >= 11 is 1.44. The summed E-state index contributed by atoms with van der Waals surface area (Å²) in [5.74, 6) is 0.191. The lowest BCUT2D eigenvalue weighted by atomic mass is 10.1. The lowest BCUT2D eigenvalue weighted by molar-refractivity contribution is -0.121. The van der Waals surface area contributed by atoms with Crippen molar-refractivity contribution in [2.24, 2.45) is 5.92 Å². The first-order valence-electron chi connectivity index (χ1n) is 7.85. The number of fused-ring (bicyclic) bond motifs is 1. The molecule has 3 rings (SSSR count). The minimum atomic E-state index is -0.181. The Morgan fingerprint density at radius 2 is 2.04 bits per heavy atom. The molecule has 3 aromatic rings. The van der Waals surface area contributed by atoms with Gasteiger partial charge >= 0.3 is 0 Å². The number of amides is 1. The molecule has 0 aliphatic heterocycles. The van der Waals surface area contributed by atoms with Gasteiger partial charge in [0.1, 0.15) is 11.4 Å². The molecular formula is C18H19N3O2S. The Morgan fingerprint density at radius 3 is 2.75 bits per heavy atom. The zero-order valence-corrected chi connectivity index (χ0v) is 14.5. The van der Waals surface area contributed by atoms with E-state index in [-0.39, 0.29) is 18.0 Å². The molecule has 0 fully saturated rings. The van der Waals surface area contributed by atoms with Gasteiger partial charge in [0.25, 0.3) is 5.56 Å². The van der Waals surface area contributed by atoms with E-state index in [9.17, 15) is 9.59 Å². The molecule has 0 radical (unpaired) electrons. The molecule has 0 bridgehead atoms. The summed E-state index contributed by atoms with van der Waals surface area (Å²) in [6.45, 7) is 4.63. The Hall–Kier alpha value is -2.47. The lowest BCUT2D eigenvalue weighted by Crippen LogP contribution is -2.34. The molecule has 0 unspecified atom stereocenters. The number of rotatable bonds is 5. The topological polar surface area (TPSA) is 64.0 Å². The van der Waals surface area contributed by atoms with Gasteiger partial charge in [-0.15, -0.1) is 11.3 Å². The lowest BCUT2D eigenvalue weighted by Gasteiger charge is -2.09. The highest BCUT2D eigenvalue weighted by molar-refractivity contribution is 7.17. The summed E-state index contributed by atoms with van der Waals surface area (Å²) in [7, 11) is 0. The smallest absolute Gasteiger partial charge is 0.263 e. The molecule has 2 aromatic heterocycles. The molecule has 24 heavy (non-hydrogen) atoms. The van der Waals surface area contributed by atoms with Gasteiger partial charge in [-0.1, -0.05) is 44.2 Å². The van der Waals surface area contributed by atoms with Gasteiger partial charge in [0, 0.05) is 17.5 Å². The molecule has 2 heterocycles. The molecule has 5 nitrogen and oxygen atoms in total. The fourth-order valence-corrected chi connectivity index (χ4v) is 3.35. The summed E-state index contributed by atoms with van der Waals surface area (Å²) in [6.07, 6.45) is 1.45. The molecule has 0 atom stereocenters. The molecule has 0 aliphatic carbocycles. The van der Waals surface area contributed by atoms with Crippen LogP contribution in [0.4, 0.5) is 0 Å². The SMILES string of the molecule is CC(C)CNC(=O)Cn1cnc2scc(-c3ccccc3)c2c1=O. The van der Waals surface area contributed by atoms with Crippen LogP contribution in [0.15, 0.2) is 46.8 Å². The summed E-state index contributed by atoms with van der Waals surface area (Å²) in [5, 5.41) is 5.34. The molecule has 0 saturated heterocycles. The first-order valence-corrected chi connectivity index (χ1v) is 8.73. The molecule has 1 amide bonds. The minimum Gasteiger partial charge on any atom is -0.354 e. The van der Waals surface area contributed by atoms with E-state index in [1.165, 1.54) is 22.2 Å². The zero-order valence-electron chi connectivity index (χ0n) is 13.7. The number of nitrogens with zero attached hydrogens (tertiary/aromatic N) is 2. The van der Waals surface area contributed by atoms with Crippen LogP contribution in [0.3, 0.4) is 0 Å². The van der Waals surface area contributed by atoms with Gasteiger partial charge < -0.3 is 5.32 Å². The molecule has 0 aliphatic rings. The van der Waals surface area contributed by atoms with Crippen molar-refractivity contribution in [2.75, 3.05) is 6.54 Å².